The lowest BCUT2D eigenvalue weighted by atomic mass is 10.1. The molecule has 0 aliphatic rings. The second kappa shape index (κ2) is 5.46. The zero-order chi connectivity index (χ0) is 14.8. The van der Waals surface area contributed by atoms with Crippen molar-refractivity contribution in [1.82, 2.24) is 10.3 Å². The molecule has 0 bridgehead atoms. The van der Waals surface area contributed by atoms with E-state index in [0.717, 1.165) is 16.6 Å². The molecule has 1 amide bonds. The van der Waals surface area contributed by atoms with Crippen molar-refractivity contribution in [3.05, 3.63) is 59.5 Å². The Hall–Kier alpha value is -2.53. The van der Waals surface area contributed by atoms with Crippen molar-refractivity contribution in [3.63, 3.8) is 0 Å². The van der Waals surface area contributed by atoms with Gasteiger partial charge in [-0.2, -0.15) is 0 Å². The zero-order valence-electron chi connectivity index (χ0n) is 11.6. The fourth-order valence-electron chi connectivity index (χ4n) is 2.25. The van der Waals surface area contributed by atoms with E-state index in [1.165, 1.54) is 0 Å². The molecular formula is C16H16N2O3. The summed E-state index contributed by atoms with van der Waals surface area (Å²) in [6, 6.07) is 11.0. The molecule has 2 aromatic heterocycles. The van der Waals surface area contributed by atoms with E-state index < -0.39 is 6.10 Å². The topological polar surface area (TPSA) is 78.3 Å². The molecule has 21 heavy (non-hydrogen) atoms. The number of carbonyl (C=O) groups is 1. The van der Waals surface area contributed by atoms with Crippen LogP contribution in [0.3, 0.4) is 0 Å². The van der Waals surface area contributed by atoms with E-state index in [4.69, 9.17) is 4.42 Å². The highest BCUT2D eigenvalue weighted by Gasteiger charge is 2.13. The van der Waals surface area contributed by atoms with Crippen LogP contribution in [-0.4, -0.2) is 22.5 Å². The number of aromatic amines is 1. The maximum atomic E-state index is 12.0. The first-order chi connectivity index (χ1) is 10.1. The highest BCUT2D eigenvalue weighted by atomic mass is 16.3. The molecule has 0 aliphatic heterocycles. The number of H-pyrrole nitrogens is 1. The lowest BCUT2D eigenvalue weighted by Gasteiger charge is -2.12. The van der Waals surface area contributed by atoms with Crippen molar-refractivity contribution >= 4 is 17.0 Å². The molecule has 0 saturated carbocycles. The van der Waals surface area contributed by atoms with Crippen LogP contribution in [0.2, 0.25) is 0 Å². The van der Waals surface area contributed by atoms with E-state index in [1.807, 2.05) is 31.2 Å². The van der Waals surface area contributed by atoms with E-state index in [0.29, 0.717) is 11.3 Å². The molecule has 0 saturated heterocycles. The molecule has 0 fully saturated rings. The van der Waals surface area contributed by atoms with E-state index in [1.54, 1.807) is 18.4 Å². The predicted octanol–water partition coefficient (Wildman–Crippen LogP) is 2.53. The molecule has 3 aromatic rings. The van der Waals surface area contributed by atoms with Crippen LogP contribution < -0.4 is 5.32 Å². The van der Waals surface area contributed by atoms with Gasteiger partial charge in [-0.25, -0.2) is 0 Å². The third kappa shape index (κ3) is 2.83. The largest absolute Gasteiger partial charge is 0.463 e. The normalized spacial score (nSPS) is 12.5. The Balaban J connectivity index is 1.64. The number of hydrogen-bond donors (Lipinski definition) is 3. The Morgan fingerprint density at radius 2 is 2.24 bits per heavy atom. The third-order valence-electron chi connectivity index (χ3n) is 3.37. The highest BCUT2D eigenvalue weighted by molar-refractivity contribution is 5.96. The molecule has 1 aromatic carbocycles. The van der Waals surface area contributed by atoms with Crippen LogP contribution in [0.25, 0.3) is 11.1 Å². The second-order valence-corrected chi connectivity index (χ2v) is 5.02. The van der Waals surface area contributed by atoms with E-state index in [2.05, 4.69) is 10.3 Å². The van der Waals surface area contributed by atoms with Gasteiger partial charge in [0.2, 0.25) is 0 Å². The van der Waals surface area contributed by atoms with Gasteiger partial charge in [-0.1, -0.05) is 29.8 Å². The number of benzene rings is 1. The van der Waals surface area contributed by atoms with Gasteiger partial charge >= 0.3 is 0 Å². The molecule has 2 heterocycles. The van der Waals surface area contributed by atoms with Crippen LogP contribution >= 0.6 is 0 Å². The molecule has 5 nitrogen and oxygen atoms in total. The van der Waals surface area contributed by atoms with Crippen LogP contribution in [0.15, 0.2) is 47.1 Å². The number of hydrogen-bond acceptors (Lipinski definition) is 3. The van der Waals surface area contributed by atoms with E-state index in [-0.39, 0.29) is 12.5 Å². The summed E-state index contributed by atoms with van der Waals surface area (Å²) in [6.45, 7) is 2.12. The smallest absolute Gasteiger partial charge is 0.267 e. The number of furan rings is 1. The van der Waals surface area contributed by atoms with Crippen molar-refractivity contribution in [3.8, 4) is 0 Å². The number of fused-ring (bicyclic) bond motifs is 1. The lowest BCUT2D eigenvalue weighted by molar-refractivity contribution is 0.0912. The average molecular weight is 284 g/mol. The molecule has 5 heteroatoms. The number of aryl methyl sites for hydroxylation is 1. The second-order valence-electron chi connectivity index (χ2n) is 5.02. The number of nitrogens with one attached hydrogen (secondary N) is 2. The number of aliphatic hydroxyl groups is 1. The molecule has 3 rings (SSSR count). The number of carbonyl (C=O) groups excluding carboxylic acids is 1. The summed E-state index contributed by atoms with van der Waals surface area (Å²) in [5.74, 6) is -0.270. The predicted molar refractivity (Wildman–Crippen MR) is 79.0 cm³/mol. The minimum absolute atomic E-state index is 0.155. The minimum atomic E-state index is -0.730. The van der Waals surface area contributed by atoms with Crippen molar-refractivity contribution in [2.75, 3.05) is 6.54 Å². The molecular weight excluding hydrogens is 268 g/mol. The Labute approximate surface area is 121 Å². The quantitative estimate of drug-likeness (QED) is 0.689. The Kier molecular flexibility index (Phi) is 3.50. The molecule has 0 radical (unpaired) electrons. The van der Waals surface area contributed by atoms with Crippen LogP contribution in [0.5, 0.6) is 0 Å². The number of rotatable bonds is 4. The van der Waals surface area contributed by atoms with Crippen LogP contribution in [0.4, 0.5) is 0 Å². The van der Waals surface area contributed by atoms with Crippen molar-refractivity contribution < 1.29 is 14.3 Å². The van der Waals surface area contributed by atoms with Gasteiger partial charge in [0.05, 0.1) is 17.9 Å². The number of aromatic nitrogens is 1. The summed E-state index contributed by atoms with van der Waals surface area (Å²) in [6.07, 6.45) is 0.830. The van der Waals surface area contributed by atoms with Crippen LogP contribution in [0, 0.1) is 6.92 Å². The van der Waals surface area contributed by atoms with E-state index >= 15 is 0 Å². The lowest BCUT2D eigenvalue weighted by Crippen LogP contribution is -2.28. The van der Waals surface area contributed by atoms with Gasteiger partial charge in [0.25, 0.3) is 5.91 Å². The monoisotopic (exact) mass is 284 g/mol. The SMILES string of the molecule is Cc1cccc(C(O)CNC(=O)c2cc3occc3[nH]2)c1. The van der Waals surface area contributed by atoms with Gasteiger partial charge in [0.15, 0.2) is 5.58 Å². The highest BCUT2D eigenvalue weighted by Crippen LogP contribution is 2.17. The zero-order valence-corrected chi connectivity index (χ0v) is 11.6. The maximum absolute atomic E-state index is 12.0. The molecule has 1 atom stereocenters. The average Bonchev–Trinajstić information content (AvgIpc) is 3.05. The summed E-state index contributed by atoms with van der Waals surface area (Å²) in [7, 11) is 0. The Bertz CT molecular complexity index is 744. The number of amides is 1. The molecule has 3 N–H and O–H groups in total. The first-order valence-electron chi connectivity index (χ1n) is 6.72. The molecule has 108 valence electrons. The summed E-state index contributed by atoms with van der Waals surface area (Å²) in [4.78, 5) is 15.0. The van der Waals surface area contributed by atoms with E-state index in [9.17, 15) is 9.90 Å². The summed E-state index contributed by atoms with van der Waals surface area (Å²) in [5, 5.41) is 12.8. The molecule has 0 aliphatic carbocycles. The Morgan fingerprint density at radius 3 is 3.00 bits per heavy atom. The summed E-state index contributed by atoms with van der Waals surface area (Å²) in [5.41, 5.74) is 3.69. The fraction of sp³-hybridized carbons (Fsp3) is 0.188. The van der Waals surface area contributed by atoms with Gasteiger partial charge < -0.3 is 19.8 Å². The van der Waals surface area contributed by atoms with Crippen molar-refractivity contribution in [2.45, 2.75) is 13.0 Å². The van der Waals surface area contributed by atoms with Crippen molar-refractivity contribution in [1.29, 1.82) is 0 Å². The summed E-state index contributed by atoms with van der Waals surface area (Å²) >= 11 is 0. The Morgan fingerprint density at radius 1 is 1.38 bits per heavy atom. The van der Waals surface area contributed by atoms with Gasteiger partial charge in [0, 0.05) is 18.7 Å². The van der Waals surface area contributed by atoms with Gasteiger partial charge in [0.1, 0.15) is 5.69 Å². The van der Waals surface area contributed by atoms with Gasteiger partial charge in [-0.3, -0.25) is 4.79 Å². The summed E-state index contributed by atoms with van der Waals surface area (Å²) < 4.78 is 5.20. The van der Waals surface area contributed by atoms with Crippen molar-refractivity contribution in [2.24, 2.45) is 0 Å². The third-order valence-corrected chi connectivity index (χ3v) is 3.37. The van der Waals surface area contributed by atoms with Gasteiger partial charge in [-0.15, -0.1) is 0 Å². The first kappa shape index (κ1) is 13.5. The maximum Gasteiger partial charge on any atom is 0.267 e. The number of aliphatic hydroxyl groups excluding tert-OH is 1. The van der Waals surface area contributed by atoms with Crippen LogP contribution in [-0.2, 0) is 0 Å². The van der Waals surface area contributed by atoms with Crippen LogP contribution in [0.1, 0.15) is 27.7 Å². The molecule has 1 unspecified atom stereocenters. The fourth-order valence-corrected chi connectivity index (χ4v) is 2.25. The first-order valence-corrected chi connectivity index (χ1v) is 6.72. The minimum Gasteiger partial charge on any atom is -0.463 e. The van der Waals surface area contributed by atoms with Gasteiger partial charge in [-0.05, 0) is 12.5 Å². The standard InChI is InChI=1S/C16H16N2O3/c1-10-3-2-4-11(7-10)14(19)9-17-16(20)13-8-15-12(18-13)5-6-21-15/h2-8,14,18-19H,9H2,1H3,(H,17,20). The molecule has 0 spiro atoms.